The molecule has 180 valence electrons. The van der Waals surface area contributed by atoms with Crippen LogP contribution in [0, 0.1) is 0 Å². The molecule has 0 bridgehead atoms. The van der Waals surface area contributed by atoms with Crippen molar-refractivity contribution in [3.63, 3.8) is 0 Å². The third-order valence-electron chi connectivity index (χ3n) is 4.96. The molecule has 15 heteroatoms. The first-order valence-electron chi connectivity index (χ1n) is 9.51. The zero-order chi connectivity index (χ0) is 23.3. The SMILES string of the molecule is NC(=O)CCC(=O)NN[C@@H]1O[C@H](CO)[C@@H](O[C@@H]2O[C@H](CO)[C@@H](O)[C@H](O)[C@H]2O)[C@H](O)[C@H]1O. The van der Waals surface area contributed by atoms with Gasteiger partial charge in [-0.25, -0.2) is 5.43 Å². The van der Waals surface area contributed by atoms with Crippen LogP contribution in [0.15, 0.2) is 0 Å². The minimum absolute atomic E-state index is 0.210. The molecule has 0 unspecified atom stereocenters. The first kappa shape index (κ1) is 25.8. The number of amides is 2. The van der Waals surface area contributed by atoms with Gasteiger partial charge in [0.2, 0.25) is 11.8 Å². The van der Waals surface area contributed by atoms with Gasteiger partial charge < -0.3 is 55.7 Å². The Morgan fingerprint density at radius 3 is 2.06 bits per heavy atom. The first-order chi connectivity index (χ1) is 14.6. The average Bonchev–Trinajstić information content (AvgIpc) is 2.74. The molecule has 2 rings (SSSR count). The predicted octanol–water partition coefficient (Wildman–Crippen LogP) is -6.50. The second-order valence-electron chi connectivity index (χ2n) is 7.22. The third kappa shape index (κ3) is 6.27. The van der Waals surface area contributed by atoms with E-state index in [1.807, 2.05) is 0 Å². The molecule has 0 aliphatic carbocycles. The van der Waals surface area contributed by atoms with E-state index in [0.717, 1.165) is 0 Å². The minimum atomic E-state index is -1.78. The molecule has 0 radical (unpaired) electrons. The zero-order valence-electron chi connectivity index (χ0n) is 16.4. The van der Waals surface area contributed by atoms with Crippen molar-refractivity contribution in [2.45, 2.75) is 74.2 Å². The van der Waals surface area contributed by atoms with Crippen LogP contribution in [0.25, 0.3) is 0 Å². The summed E-state index contributed by atoms with van der Waals surface area (Å²) < 4.78 is 16.0. The molecule has 2 aliphatic rings. The lowest BCUT2D eigenvalue weighted by molar-refractivity contribution is -0.343. The van der Waals surface area contributed by atoms with Crippen molar-refractivity contribution in [3.8, 4) is 0 Å². The van der Waals surface area contributed by atoms with Crippen molar-refractivity contribution in [2.75, 3.05) is 13.2 Å². The Labute approximate surface area is 176 Å². The lowest BCUT2D eigenvalue weighted by atomic mass is 9.96. The summed E-state index contributed by atoms with van der Waals surface area (Å²) in [6.45, 7) is -1.43. The fourth-order valence-corrected chi connectivity index (χ4v) is 3.16. The Bertz CT molecular complexity index is 608. The van der Waals surface area contributed by atoms with Gasteiger partial charge in [-0.15, -0.1) is 0 Å². The highest BCUT2D eigenvalue weighted by molar-refractivity contribution is 5.82. The summed E-state index contributed by atoms with van der Waals surface area (Å²) in [4.78, 5) is 22.3. The molecule has 0 aromatic heterocycles. The molecule has 2 amide bonds. The van der Waals surface area contributed by atoms with E-state index < -0.39 is 86.4 Å². The van der Waals surface area contributed by atoms with E-state index in [4.69, 9.17) is 19.9 Å². The summed E-state index contributed by atoms with van der Waals surface area (Å²) in [6, 6.07) is 0. The molecule has 11 N–H and O–H groups in total. The number of hydrazine groups is 1. The average molecular weight is 455 g/mol. The quantitative estimate of drug-likeness (QED) is 0.145. The Morgan fingerprint density at radius 2 is 1.48 bits per heavy atom. The van der Waals surface area contributed by atoms with Crippen LogP contribution in [0.2, 0.25) is 0 Å². The Hall–Kier alpha value is -1.50. The van der Waals surface area contributed by atoms with Gasteiger partial charge in [-0.2, -0.15) is 0 Å². The maximum Gasteiger partial charge on any atom is 0.234 e. The van der Waals surface area contributed by atoms with Crippen LogP contribution in [0.3, 0.4) is 0 Å². The molecule has 0 aromatic rings. The van der Waals surface area contributed by atoms with Crippen LogP contribution in [0.5, 0.6) is 0 Å². The van der Waals surface area contributed by atoms with Crippen LogP contribution < -0.4 is 16.6 Å². The van der Waals surface area contributed by atoms with Crippen molar-refractivity contribution in [1.29, 1.82) is 0 Å². The first-order valence-corrected chi connectivity index (χ1v) is 9.51. The third-order valence-corrected chi connectivity index (χ3v) is 4.96. The number of carbonyl (C=O) groups excluding carboxylic acids is 2. The Balaban J connectivity index is 2.00. The van der Waals surface area contributed by atoms with Crippen LogP contribution in [0.4, 0.5) is 0 Å². The molecule has 2 heterocycles. The molecular formula is C16H29N3O12. The van der Waals surface area contributed by atoms with Crippen LogP contribution in [-0.4, -0.2) is 122 Å². The summed E-state index contributed by atoms with van der Waals surface area (Å²) in [5, 5.41) is 69.3. The number of aliphatic hydroxyl groups excluding tert-OH is 7. The number of carbonyl (C=O) groups is 2. The number of hydrogen-bond acceptors (Lipinski definition) is 13. The highest BCUT2D eigenvalue weighted by Gasteiger charge is 2.50. The lowest BCUT2D eigenvalue weighted by Crippen LogP contribution is -2.67. The van der Waals surface area contributed by atoms with E-state index in [1.165, 1.54) is 0 Å². The van der Waals surface area contributed by atoms with Gasteiger partial charge in [0, 0.05) is 12.8 Å². The maximum absolute atomic E-state index is 11.6. The van der Waals surface area contributed by atoms with E-state index in [1.54, 1.807) is 0 Å². The summed E-state index contributed by atoms with van der Waals surface area (Å²) >= 11 is 0. The van der Waals surface area contributed by atoms with Gasteiger partial charge in [-0.05, 0) is 0 Å². The molecule has 15 nitrogen and oxygen atoms in total. The van der Waals surface area contributed by atoms with E-state index in [-0.39, 0.29) is 12.8 Å². The highest BCUT2D eigenvalue weighted by atomic mass is 16.7. The second kappa shape index (κ2) is 11.4. The van der Waals surface area contributed by atoms with Gasteiger partial charge in [0.15, 0.2) is 12.5 Å². The molecule has 0 saturated carbocycles. The minimum Gasteiger partial charge on any atom is -0.394 e. The van der Waals surface area contributed by atoms with Gasteiger partial charge in [0.05, 0.1) is 13.2 Å². The van der Waals surface area contributed by atoms with Gasteiger partial charge in [0.1, 0.15) is 48.8 Å². The van der Waals surface area contributed by atoms with Crippen molar-refractivity contribution in [3.05, 3.63) is 0 Å². The summed E-state index contributed by atoms with van der Waals surface area (Å²) in [6.07, 6.45) is -16.1. The number of nitrogens with one attached hydrogen (secondary N) is 2. The fourth-order valence-electron chi connectivity index (χ4n) is 3.16. The van der Waals surface area contributed by atoms with Crippen molar-refractivity contribution >= 4 is 11.8 Å². The molecule has 10 atom stereocenters. The molecule has 0 spiro atoms. The monoisotopic (exact) mass is 455 g/mol. The normalized spacial score (nSPS) is 41.0. The number of nitrogens with two attached hydrogens (primary N) is 1. The standard InChI is InChI=1S/C16H29N3O12/c17-7(22)1-2-8(23)18-19-15-12(27)11(26)14(6(4-21)29-15)31-16-13(28)10(25)9(24)5(3-20)30-16/h5-6,9-16,19-21,24-28H,1-4H2,(H2,17,22)(H,18,23)/t5-,6-,9-,10+,11-,12-,13-,14-,15-,16+/m1/s1. The lowest BCUT2D eigenvalue weighted by Gasteiger charge is -2.46. The number of ether oxygens (including phenoxy) is 3. The molecule has 0 aromatic carbocycles. The molecule has 2 fully saturated rings. The molecular weight excluding hydrogens is 426 g/mol. The fraction of sp³-hybridized carbons (Fsp3) is 0.875. The number of hydrogen-bond donors (Lipinski definition) is 10. The topological polar surface area (TPSA) is 254 Å². The van der Waals surface area contributed by atoms with Gasteiger partial charge in [0.25, 0.3) is 0 Å². The molecule has 2 aliphatic heterocycles. The Kier molecular flexibility index (Phi) is 9.46. The van der Waals surface area contributed by atoms with Crippen molar-refractivity contribution in [2.24, 2.45) is 5.73 Å². The van der Waals surface area contributed by atoms with E-state index in [0.29, 0.717) is 0 Å². The van der Waals surface area contributed by atoms with Crippen LogP contribution in [-0.2, 0) is 23.8 Å². The van der Waals surface area contributed by atoms with Gasteiger partial charge in [-0.1, -0.05) is 0 Å². The summed E-state index contributed by atoms with van der Waals surface area (Å²) in [5.74, 6) is -1.34. The highest BCUT2D eigenvalue weighted by Crippen LogP contribution is 2.28. The predicted molar refractivity (Wildman–Crippen MR) is 96.1 cm³/mol. The van der Waals surface area contributed by atoms with E-state index in [9.17, 15) is 45.3 Å². The van der Waals surface area contributed by atoms with E-state index in [2.05, 4.69) is 10.9 Å². The smallest absolute Gasteiger partial charge is 0.234 e. The van der Waals surface area contributed by atoms with Crippen LogP contribution >= 0.6 is 0 Å². The maximum atomic E-state index is 11.6. The van der Waals surface area contributed by atoms with Crippen molar-refractivity contribution < 1.29 is 59.5 Å². The number of primary amides is 1. The van der Waals surface area contributed by atoms with Crippen molar-refractivity contribution in [1.82, 2.24) is 10.9 Å². The van der Waals surface area contributed by atoms with Gasteiger partial charge in [-0.3, -0.25) is 15.0 Å². The second-order valence-corrected chi connectivity index (χ2v) is 7.22. The zero-order valence-corrected chi connectivity index (χ0v) is 16.4. The molecule has 31 heavy (non-hydrogen) atoms. The summed E-state index contributed by atoms with van der Waals surface area (Å²) in [5.41, 5.74) is 9.42. The number of rotatable bonds is 9. The summed E-state index contributed by atoms with van der Waals surface area (Å²) in [7, 11) is 0. The van der Waals surface area contributed by atoms with E-state index >= 15 is 0 Å². The Morgan fingerprint density at radius 1 is 0.839 bits per heavy atom. The molecule has 2 saturated heterocycles. The van der Waals surface area contributed by atoms with Crippen LogP contribution in [0.1, 0.15) is 12.8 Å². The van der Waals surface area contributed by atoms with Gasteiger partial charge >= 0.3 is 0 Å². The largest absolute Gasteiger partial charge is 0.394 e. The number of aliphatic hydroxyl groups is 7.